The van der Waals surface area contributed by atoms with Crippen LogP contribution < -0.4 is 0 Å². The first-order chi connectivity index (χ1) is 7.85. The van der Waals surface area contributed by atoms with Crippen LogP contribution in [0.2, 0.25) is 0 Å². The van der Waals surface area contributed by atoms with Gasteiger partial charge in [-0.2, -0.15) is 0 Å². The van der Waals surface area contributed by atoms with Crippen LogP contribution in [0.4, 0.5) is 10.1 Å². The highest BCUT2D eigenvalue weighted by molar-refractivity contribution is 5.35. The zero-order valence-electron chi connectivity index (χ0n) is 9.39. The van der Waals surface area contributed by atoms with Crippen molar-refractivity contribution in [3.63, 3.8) is 0 Å². The number of aliphatic hydroxyl groups is 1. The largest absolute Gasteiger partial charge is 0.388 e. The van der Waals surface area contributed by atoms with Gasteiger partial charge in [-0.05, 0) is 18.6 Å². The number of hydrogen-bond acceptors (Lipinski definition) is 4. The molecule has 1 fully saturated rings. The molecule has 1 aromatic carbocycles. The molecule has 0 spiro atoms. The van der Waals surface area contributed by atoms with Gasteiger partial charge in [-0.3, -0.25) is 15.0 Å². The first kappa shape index (κ1) is 11.9. The number of nitrogens with zero attached hydrogens (tertiary/aromatic N) is 2. The standard InChI is InChI=1S/C11H13FN2O3/c1-11(15)6-13(7-11)5-8-2-9(12)4-10(3-8)14(16)17/h2-4,15H,5-7H2,1H3. The molecule has 1 aromatic rings. The Balaban J connectivity index is 2.09. The molecule has 0 aromatic heterocycles. The SMILES string of the molecule is CC1(O)CN(Cc2cc(F)cc([N+](=O)[O-])c2)C1. The minimum Gasteiger partial charge on any atom is -0.388 e. The second kappa shape index (κ2) is 4.05. The third-order valence-corrected chi connectivity index (χ3v) is 2.69. The lowest BCUT2D eigenvalue weighted by molar-refractivity contribution is -0.385. The number of β-amino-alcohol motifs (C(OH)–C–C–N with tert-alkyl or cyclic N) is 1. The summed E-state index contributed by atoms with van der Waals surface area (Å²) in [6.45, 7) is 3.13. The van der Waals surface area contributed by atoms with Gasteiger partial charge in [-0.15, -0.1) is 0 Å². The maximum Gasteiger partial charge on any atom is 0.272 e. The molecule has 1 aliphatic rings. The van der Waals surface area contributed by atoms with Crippen molar-refractivity contribution >= 4 is 5.69 Å². The van der Waals surface area contributed by atoms with Gasteiger partial charge >= 0.3 is 0 Å². The predicted molar refractivity (Wildman–Crippen MR) is 59.0 cm³/mol. The van der Waals surface area contributed by atoms with E-state index >= 15 is 0 Å². The van der Waals surface area contributed by atoms with E-state index in [0.29, 0.717) is 25.2 Å². The van der Waals surface area contributed by atoms with Crippen LogP contribution in [0.15, 0.2) is 18.2 Å². The molecular weight excluding hydrogens is 227 g/mol. The number of nitro groups is 1. The Morgan fingerprint density at radius 3 is 2.71 bits per heavy atom. The topological polar surface area (TPSA) is 66.6 Å². The van der Waals surface area contributed by atoms with Crippen molar-refractivity contribution in [3.05, 3.63) is 39.7 Å². The van der Waals surface area contributed by atoms with Gasteiger partial charge < -0.3 is 5.11 Å². The van der Waals surface area contributed by atoms with Gasteiger partial charge in [0.25, 0.3) is 5.69 Å². The van der Waals surface area contributed by atoms with Crippen LogP contribution in [0, 0.1) is 15.9 Å². The average Bonchev–Trinajstić information content (AvgIpc) is 2.13. The van der Waals surface area contributed by atoms with Crippen LogP contribution in [0.1, 0.15) is 12.5 Å². The highest BCUT2D eigenvalue weighted by Gasteiger charge is 2.36. The molecule has 6 heteroatoms. The summed E-state index contributed by atoms with van der Waals surface area (Å²) in [6, 6.07) is 3.53. The van der Waals surface area contributed by atoms with Crippen LogP contribution in [0.25, 0.3) is 0 Å². The fraction of sp³-hybridized carbons (Fsp3) is 0.455. The van der Waals surface area contributed by atoms with Crippen molar-refractivity contribution in [2.45, 2.75) is 19.1 Å². The summed E-state index contributed by atoms with van der Waals surface area (Å²) in [6.07, 6.45) is 0. The Morgan fingerprint density at radius 2 is 2.18 bits per heavy atom. The quantitative estimate of drug-likeness (QED) is 0.638. The van der Waals surface area contributed by atoms with Crippen molar-refractivity contribution in [3.8, 4) is 0 Å². The molecule has 2 rings (SSSR count). The van der Waals surface area contributed by atoms with Crippen molar-refractivity contribution in [1.82, 2.24) is 4.90 Å². The van der Waals surface area contributed by atoms with E-state index in [1.807, 2.05) is 4.90 Å². The van der Waals surface area contributed by atoms with Gasteiger partial charge in [-0.1, -0.05) is 0 Å². The fourth-order valence-corrected chi connectivity index (χ4v) is 2.12. The van der Waals surface area contributed by atoms with Crippen LogP contribution >= 0.6 is 0 Å². The van der Waals surface area contributed by atoms with Gasteiger partial charge in [0.15, 0.2) is 0 Å². The Morgan fingerprint density at radius 1 is 1.53 bits per heavy atom. The first-order valence-corrected chi connectivity index (χ1v) is 5.24. The molecular formula is C11H13FN2O3. The molecule has 0 radical (unpaired) electrons. The summed E-state index contributed by atoms with van der Waals surface area (Å²) >= 11 is 0. The van der Waals surface area contributed by atoms with Gasteiger partial charge in [0.05, 0.1) is 16.6 Å². The molecule has 1 aliphatic heterocycles. The number of hydrogen-bond donors (Lipinski definition) is 1. The van der Waals surface area contributed by atoms with E-state index in [9.17, 15) is 19.6 Å². The van der Waals surface area contributed by atoms with E-state index in [4.69, 9.17) is 0 Å². The maximum atomic E-state index is 13.1. The molecule has 0 unspecified atom stereocenters. The van der Waals surface area contributed by atoms with Gasteiger partial charge in [0.1, 0.15) is 5.82 Å². The molecule has 17 heavy (non-hydrogen) atoms. The molecule has 0 bridgehead atoms. The highest BCUT2D eigenvalue weighted by Crippen LogP contribution is 2.24. The lowest BCUT2D eigenvalue weighted by Gasteiger charge is -2.44. The van der Waals surface area contributed by atoms with Crippen molar-refractivity contribution in [2.24, 2.45) is 0 Å². The van der Waals surface area contributed by atoms with Crippen LogP contribution in [-0.2, 0) is 6.54 Å². The van der Waals surface area contributed by atoms with E-state index < -0.39 is 16.3 Å². The summed E-state index contributed by atoms with van der Waals surface area (Å²) in [5.74, 6) is -0.610. The second-order valence-electron chi connectivity index (χ2n) is 4.72. The molecule has 0 aliphatic carbocycles. The molecule has 0 amide bonds. The Kier molecular flexibility index (Phi) is 2.84. The van der Waals surface area contributed by atoms with Crippen LogP contribution in [0.3, 0.4) is 0 Å². The number of halogens is 1. The smallest absolute Gasteiger partial charge is 0.272 e. The lowest BCUT2D eigenvalue weighted by atomic mass is 9.96. The zero-order valence-corrected chi connectivity index (χ0v) is 9.39. The van der Waals surface area contributed by atoms with E-state index in [0.717, 1.165) is 6.07 Å². The van der Waals surface area contributed by atoms with E-state index in [-0.39, 0.29) is 5.69 Å². The van der Waals surface area contributed by atoms with Crippen molar-refractivity contribution in [2.75, 3.05) is 13.1 Å². The monoisotopic (exact) mass is 240 g/mol. The number of benzene rings is 1. The fourth-order valence-electron chi connectivity index (χ4n) is 2.12. The summed E-state index contributed by atoms with van der Waals surface area (Å²) in [7, 11) is 0. The summed E-state index contributed by atoms with van der Waals surface area (Å²) in [5.41, 5.74) is -0.390. The van der Waals surface area contributed by atoms with Crippen LogP contribution in [0.5, 0.6) is 0 Å². The first-order valence-electron chi connectivity index (χ1n) is 5.24. The average molecular weight is 240 g/mol. The molecule has 1 saturated heterocycles. The third-order valence-electron chi connectivity index (χ3n) is 2.69. The minimum absolute atomic E-state index is 0.243. The Hall–Kier alpha value is -1.53. The number of nitro benzene ring substituents is 1. The van der Waals surface area contributed by atoms with Crippen molar-refractivity contribution < 1.29 is 14.4 Å². The van der Waals surface area contributed by atoms with E-state index in [1.165, 1.54) is 12.1 Å². The third kappa shape index (κ3) is 2.78. The predicted octanol–water partition coefficient (Wildman–Crippen LogP) is 1.30. The summed E-state index contributed by atoms with van der Waals surface area (Å²) in [4.78, 5) is 11.9. The van der Waals surface area contributed by atoms with Crippen molar-refractivity contribution in [1.29, 1.82) is 0 Å². The molecule has 1 heterocycles. The highest BCUT2D eigenvalue weighted by atomic mass is 19.1. The minimum atomic E-state index is -0.695. The summed E-state index contributed by atoms with van der Waals surface area (Å²) < 4.78 is 13.1. The molecule has 1 N–H and O–H groups in total. The van der Waals surface area contributed by atoms with Gasteiger partial charge in [0, 0.05) is 25.7 Å². The second-order valence-corrected chi connectivity index (χ2v) is 4.72. The van der Waals surface area contributed by atoms with Gasteiger partial charge in [-0.25, -0.2) is 4.39 Å². The van der Waals surface area contributed by atoms with Crippen LogP contribution in [-0.4, -0.2) is 33.6 Å². The number of non-ortho nitro benzene ring substituents is 1. The van der Waals surface area contributed by atoms with E-state index in [2.05, 4.69) is 0 Å². The maximum absolute atomic E-state index is 13.1. The van der Waals surface area contributed by atoms with Gasteiger partial charge in [0.2, 0.25) is 0 Å². The normalized spacial score (nSPS) is 18.8. The molecule has 5 nitrogen and oxygen atoms in total. The van der Waals surface area contributed by atoms with E-state index in [1.54, 1.807) is 6.92 Å². The Bertz CT molecular complexity index is 454. The molecule has 0 saturated carbocycles. The number of likely N-dealkylation sites (tertiary alicyclic amines) is 1. The number of rotatable bonds is 3. The molecule has 92 valence electrons. The molecule has 0 atom stereocenters. The summed E-state index contributed by atoms with van der Waals surface area (Å²) in [5, 5.41) is 20.1. The zero-order chi connectivity index (χ0) is 12.6. The lowest BCUT2D eigenvalue weighted by Crippen LogP contribution is -2.59. The Labute approximate surface area is 97.6 Å².